The van der Waals surface area contributed by atoms with Crippen LogP contribution >= 0.6 is 0 Å². The summed E-state index contributed by atoms with van der Waals surface area (Å²) in [6.07, 6.45) is 8.82. The van der Waals surface area contributed by atoms with E-state index in [1.807, 2.05) is 0 Å². The van der Waals surface area contributed by atoms with Gasteiger partial charge < -0.3 is 0 Å². The SMILES string of the molecule is CC/C(C)=C1\CC2C=CC1C2. The largest absolute Gasteiger partial charge is 0.0845 e. The molecule has 0 N–H and O–H groups in total. The highest BCUT2D eigenvalue weighted by Gasteiger charge is 2.31. The van der Waals surface area contributed by atoms with Crippen molar-refractivity contribution in [3.8, 4) is 0 Å². The van der Waals surface area contributed by atoms with Gasteiger partial charge in [0.2, 0.25) is 0 Å². The lowest BCUT2D eigenvalue weighted by atomic mass is 9.95. The van der Waals surface area contributed by atoms with Crippen LogP contribution < -0.4 is 0 Å². The van der Waals surface area contributed by atoms with Gasteiger partial charge in [-0.05, 0) is 38.0 Å². The van der Waals surface area contributed by atoms with Crippen molar-refractivity contribution in [3.63, 3.8) is 0 Å². The van der Waals surface area contributed by atoms with E-state index in [0.717, 1.165) is 11.8 Å². The lowest BCUT2D eigenvalue weighted by molar-refractivity contribution is 0.693. The van der Waals surface area contributed by atoms with Crippen LogP contribution in [0.1, 0.15) is 33.1 Å². The first kappa shape index (κ1) is 7.15. The minimum atomic E-state index is 0.833. The van der Waals surface area contributed by atoms with Gasteiger partial charge in [0.05, 0.1) is 0 Å². The van der Waals surface area contributed by atoms with Crippen molar-refractivity contribution in [2.45, 2.75) is 33.1 Å². The molecule has 11 heavy (non-hydrogen) atoms. The monoisotopic (exact) mass is 148 g/mol. The van der Waals surface area contributed by atoms with Crippen LogP contribution in [0, 0.1) is 11.8 Å². The van der Waals surface area contributed by atoms with Gasteiger partial charge in [0.1, 0.15) is 0 Å². The fourth-order valence-electron chi connectivity index (χ4n) is 2.34. The van der Waals surface area contributed by atoms with Crippen LogP contribution in [0.3, 0.4) is 0 Å². The zero-order valence-corrected chi connectivity index (χ0v) is 7.43. The Kier molecular flexibility index (Phi) is 1.63. The maximum atomic E-state index is 2.41. The molecule has 0 aromatic heterocycles. The van der Waals surface area contributed by atoms with Gasteiger partial charge in [-0.25, -0.2) is 0 Å². The maximum absolute atomic E-state index is 2.41. The van der Waals surface area contributed by atoms with Crippen LogP contribution in [0.15, 0.2) is 23.3 Å². The second-order valence-electron chi connectivity index (χ2n) is 3.85. The molecule has 0 saturated heterocycles. The molecular weight excluding hydrogens is 132 g/mol. The van der Waals surface area contributed by atoms with Crippen LogP contribution in [0.2, 0.25) is 0 Å². The molecule has 1 fully saturated rings. The fourth-order valence-corrected chi connectivity index (χ4v) is 2.34. The second kappa shape index (κ2) is 2.51. The van der Waals surface area contributed by atoms with Gasteiger partial charge in [-0.2, -0.15) is 0 Å². The van der Waals surface area contributed by atoms with Gasteiger partial charge in [0.15, 0.2) is 0 Å². The Hall–Kier alpha value is -0.520. The quantitative estimate of drug-likeness (QED) is 0.500. The Morgan fingerprint density at radius 2 is 2.36 bits per heavy atom. The van der Waals surface area contributed by atoms with E-state index in [4.69, 9.17) is 0 Å². The molecular formula is C11H16. The van der Waals surface area contributed by atoms with E-state index in [-0.39, 0.29) is 0 Å². The van der Waals surface area contributed by atoms with E-state index in [9.17, 15) is 0 Å². The highest BCUT2D eigenvalue weighted by atomic mass is 14.4. The van der Waals surface area contributed by atoms with E-state index in [1.54, 1.807) is 11.1 Å². The summed E-state index contributed by atoms with van der Waals surface area (Å²) in [5, 5.41) is 0. The third kappa shape index (κ3) is 1.05. The van der Waals surface area contributed by atoms with E-state index >= 15 is 0 Å². The predicted octanol–water partition coefficient (Wildman–Crippen LogP) is 3.31. The van der Waals surface area contributed by atoms with E-state index in [1.165, 1.54) is 19.3 Å². The highest BCUT2D eigenvalue weighted by molar-refractivity contribution is 5.30. The van der Waals surface area contributed by atoms with Crippen molar-refractivity contribution >= 4 is 0 Å². The summed E-state index contributed by atoms with van der Waals surface area (Å²) in [6, 6.07) is 0. The van der Waals surface area contributed by atoms with Crippen molar-refractivity contribution in [1.29, 1.82) is 0 Å². The molecule has 2 aliphatic carbocycles. The van der Waals surface area contributed by atoms with Crippen LogP contribution in [-0.2, 0) is 0 Å². The average Bonchev–Trinajstić information content (AvgIpc) is 2.62. The molecule has 2 bridgehead atoms. The second-order valence-corrected chi connectivity index (χ2v) is 3.85. The molecule has 60 valence electrons. The minimum Gasteiger partial charge on any atom is -0.0845 e. The molecule has 2 unspecified atom stereocenters. The Morgan fingerprint density at radius 1 is 1.55 bits per heavy atom. The van der Waals surface area contributed by atoms with Crippen molar-refractivity contribution in [2.75, 3.05) is 0 Å². The number of allylic oxidation sites excluding steroid dienone is 4. The van der Waals surface area contributed by atoms with Gasteiger partial charge in [0.25, 0.3) is 0 Å². The summed E-state index contributed by atoms with van der Waals surface area (Å²) in [7, 11) is 0. The Morgan fingerprint density at radius 3 is 2.82 bits per heavy atom. The summed E-state index contributed by atoms with van der Waals surface area (Å²) in [5.41, 5.74) is 3.39. The third-order valence-corrected chi connectivity index (χ3v) is 3.18. The predicted molar refractivity (Wildman–Crippen MR) is 48.3 cm³/mol. The molecule has 0 spiro atoms. The molecule has 0 radical (unpaired) electrons. The van der Waals surface area contributed by atoms with E-state index in [0.29, 0.717) is 0 Å². The zero-order valence-electron chi connectivity index (χ0n) is 7.43. The lowest BCUT2D eigenvalue weighted by Gasteiger charge is -2.11. The average molecular weight is 148 g/mol. The van der Waals surface area contributed by atoms with Crippen LogP contribution in [-0.4, -0.2) is 0 Å². The molecule has 0 amide bonds. The number of hydrogen-bond donors (Lipinski definition) is 0. The maximum Gasteiger partial charge on any atom is -0.00147 e. The zero-order chi connectivity index (χ0) is 7.84. The van der Waals surface area contributed by atoms with E-state index in [2.05, 4.69) is 26.0 Å². The van der Waals surface area contributed by atoms with Crippen molar-refractivity contribution in [1.82, 2.24) is 0 Å². The number of fused-ring (bicyclic) bond motifs is 2. The number of hydrogen-bond acceptors (Lipinski definition) is 0. The molecule has 1 saturated carbocycles. The molecule has 0 aromatic rings. The normalized spacial score (nSPS) is 38.4. The molecule has 0 heterocycles. The topological polar surface area (TPSA) is 0 Å². The Labute approximate surface area is 69.0 Å². The van der Waals surface area contributed by atoms with E-state index < -0.39 is 0 Å². The third-order valence-electron chi connectivity index (χ3n) is 3.18. The summed E-state index contributed by atoms with van der Waals surface area (Å²) < 4.78 is 0. The molecule has 0 nitrogen and oxygen atoms in total. The fraction of sp³-hybridized carbons (Fsp3) is 0.636. The molecule has 2 aliphatic rings. The van der Waals surface area contributed by atoms with Gasteiger partial charge in [-0.3, -0.25) is 0 Å². The van der Waals surface area contributed by atoms with Crippen LogP contribution in [0.4, 0.5) is 0 Å². The van der Waals surface area contributed by atoms with Gasteiger partial charge in [0, 0.05) is 0 Å². The summed E-state index contributed by atoms with van der Waals surface area (Å²) in [5.74, 6) is 1.73. The summed E-state index contributed by atoms with van der Waals surface area (Å²) >= 11 is 0. The Bertz CT molecular complexity index is 220. The molecule has 2 atom stereocenters. The summed E-state index contributed by atoms with van der Waals surface area (Å²) in [6.45, 7) is 4.56. The molecule has 0 aliphatic heterocycles. The standard InChI is InChI=1S/C11H16/c1-3-8(2)11-7-9-4-5-10(11)6-9/h4-5,9-10H,3,6-7H2,1-2H3/b11-8+. The first-order chi connectivity index (χ1) is 5.31. The van der Waals surface area contributed by atoms with Crippen molar-refractivity contribution < 1.29 is 0 Å². The van der Waals surface area contributed by atoms with Gasteiger partial charge >= 0.3 is 0 Å². The molecule has 0 aromatic carbocycles. The first-order valence-corrected chi connectivity index (χ1v) is 4.68. The van der Waals surface area contributed by atoms with Crippen LogP contribution in [0.25, 0.3) is 0 Å². The molecule has 0 heteroatoms. The van der Waals surface area contributed by atoms with Crippen molar-refractivity contribution in [2.24, 2.45) is 11.8 Å². The van der Waals surface area contributed by atoms with Gasteiger partial charge in [-0.1, -0.05) is 30.2 Å². The van der Waals surface area contributed by atoms with Gasteiger partial charge in [-0.15, -0.1) is 0 Å². The van der Waals surface area contributed by atoms with Crippen molar-refractivity contribution in [3.05, 3.63) is 23.3 Å². The van der Waals surface area contributed by atoms with Crippen LogP contribution in [0.5, 0.6) is 0 Å². The minimum absolute atomic E-state index is 0.833. The number of rotatable bonds is 1. The summed E-state index contributed by atoms with van der Waals surface area (Å²) in [4.78, 5) is 0. The Balaban J connectivity index is 2.26. The smallest absolute Gasteiger partial charge is 0.00147 e. The highest BCUT2D eigenvalue weighted by Crippen LogP contribution is 2.44. The lowest BCUT2D eigenvalue weighted by Crippen LogP contribution is -1.95. The first-order valence-electron chi connectivity index (χ1n) is 4.68. The molecule has 2 rings (SSSR count).